The highest BCUT2D eigenvalue weighted by Gasteiger charge is 2.08. The van der Waals surface area contributed by atoms with Gasteiger partial charge in [0, 0.05) is 6.42 Å². The van der Waals surface area contributed by atoms with E-state index < -0.39 is 0 Å². The quantitative estimate of drug-likeness (QED) is 0.726. The number of benzene rings is 2. The van der Waals surface area contributed by atoms with Gasteiger partial charge in [-0.3, -0.25) is 4.79 Å². The van der Waals surface area contributed by atoms with Gasteiger partial charge in [0.25, 0.3) is 0 Å². The molecular formula is C18H18O2. The van der Waals surface area contributed by atoms with Gasteiger partial charge in [-0.25, -0.2) is 0 Å². The van der Waals surface area contributed by atoms with E-state index in [1.165, 1.54) is 0 Å². The third-order valence-corrected chi connectivity index (χ3v) is 2.95. The van der Waals surface area contributed by atoms with Crippen molar-refractivity contribution in [1.82, 2.24) is 0 Å². The maximum Gasteiger partial charge on any atom is 0.166 e. The Labute approximate surface area is 119 Å². The molecule has 2 aromatic rings. The third-order valence-electron chi connectivity index (χ3n) is 2.95. The van der Waals surface area contributed by atoms with E-state index in [1.807, 2.05) is 73.7 Å². The maximum absolute atomic E-state index is 11.8. The zero-order valence-corrected chi connectivity index (χ0v) is 11.6. The maximum atomic E-state index is 11.8. The highest BCUT2D eigenvalue weighted by molar-refractivity contribution is 5.98. The normalized spacial score (nSPS) is 10.7. The molecule has 0 saturated carbocycles. The second-order valence-electron chi connectivity index (χ2n) is 4.40. The van der Waals surface area contributed by atoms with Crippen LogP contribution >= 0.6 is 0 Å². The van der Waals surface area contributed by atoms with Crippen LogP contribution in [0.4, 0.5) is 0 Å². The summed E-state index contributed by atoms with van der Waals surface area (Å²) in [6.07, 6.45) is 4.44. The molecule has 0 atom stereocenters. The molecule has 2 aromatic carbocycles. The minimum absolute atomic E-state index is 0.104. The second-order valence-corrected chi connectivity index (χ2v) is 4.40. The molecule has 0 aliphatic carbocycles. The molecule has 2 rings (SSSR count). The molecule has 0 unspecified atom stereocenters. The van der Waals surface area contributed by atoms with Crippen LogP contribution in [-0.4, -0.2) is 12.4 Å². The third kappa shape index (κ3) is 3.82. The SMILES string of the molecule is CCC(=O)c1ccccc1OC/C=C/c1ccccc1. The Morgan fingerprint density at radius 3 is 2.50 bits per heavy atom. The van der Waals surface area contributed by atoms with Crippen molar-refractivity contribution in [2.75, 3.05) is 6.61 Å². The fourth-order valence-corrected chi connectivity index (χ4v) is 1.90. The molecule has 0 aromatic heterocycles. The standard InChI is InChI=1S/C18H18O2/c1-2-17(19)16-12-6-7-13-18(16)20-14-8-11-15-9-4-3-5-10-15/h3-13H,2,14H2,1H3/b11-8+. The molecule has 2 nitrogen and oxygen atoms in total. The predicted molar refractivity (Wildman–Crippen MR) is 82.0 cm³/mol. The first-order valence-electron chi connectivity index (χ1n) is 6.78. The number of ether oxygens (including phenoxy) is 1. The minimum atomic E-state index is 0.104. The van der Waals surface area contributed by atoms with Gasteiger partial charge < -0.3 is 4.74 Å². The Balaban J connectivity index is 1.98. The lowest BCUT2D eigenvalue weighted by molar-refractivity contribution is 0.0984. The van der Waals surface area contributed by atoms with E-state index in [0.717, 1.165) is 5.56 Å². The zero-order valence-electron chi connectivity index (χ0n) is 11.6. The first-order chi connectivity index (χ1) is 9.81. The Hall–Kier alpha value is -2.35. The van der Waals surface area contributed by atoms with Crippen LogP contribution in [0.2, 0.25) is 0 Å². The van der Waals surface area contributed by atoms with Gasteiger partial charge in [0.05, 0.1) is 5.56 Å². The molecule has 0 spiro atoms. The Morgan fingerprint density at radius 2 is 1.75 bits per heavy atom. The molecular weight excluding hydrogens is 248 g/mol. The molecule has 0 radical (unpaired) electrons. The van der Waals surface area contributed by atoms with Crippen LogP contribution < -0.4 is 4.74 Å². The summed E-state index contributed by atoms with van der Waals surface area (Å²) in [5, 5.41) is 0. The van der Waals surface area contributed by atoms with E-state index in [2.05, 4.69) is 0 Å². The molecule has 102 valence electrons. The lowest BCUT2D eigenvalue weighted by Gasteiger charge is -2.08. The number of para-hydroxylation sites is 1. The van der Waals surface area contributed by atoms with Gasteiger partial charge in [-0.05, 0) is 23.8 Å². The van der Waals surface area contributed by atoms with Crippen LogP contribution in [0, 0.1) is 0 Å². The summed E-state index contributed by atoms with van der Waals surface area (Å²) < 4.78 is 5.67. The number of hydrogen-bond acceptors (Lipinski definition) is 2. The van der Waals surface area contributed by atoms with E-state index in [-0.39, 0.29) is 5.78 Å². The van der Waals surface area contributed by atoms with Gasteiger partial charge >= 0.3 is 0 Å². The average Bonchev–Trinajstić information content (AvgIpc) is 2.52. The smallest absolute Gasteiger partial charge is 0.166 e. The van der Waals surface area contributed by atoms with E-state index in [1.54, 1.807) is 0 Å². The summed E-state index contributed by atoms with van der Waals surface area (Å²) in [7, 11) is 0. The van der Waals surface area contributed by atoms with Crippen LogP contribution in [0.5, 0.6) is 5.75 Å². The van der Waals surface area contributed by atoms with Crippen molar-refractivity contribution in [3.8, 4) is 5.75 Å². The number of carbonyl (C=O) groups is 1. The minimum Gasteiger partial charge on any atom is -0.489 e. The summed E-state index contributed by atoms with van der Waals surface area (Å²) in [5.41, 5.74) is 1.79. The largest absolute Gasteiger partial charge is 0.489 e. The van der Waals surface area contributed by atoms with Gasteiger partial charge in [0.15, 0.2) is 5.78 Å². The predicted octanol–water partition coefficient (Wildman–Crippen LogP) is 4.37. The number of Topliss-reactive ketones (excluding diaryl/α,β-unsaturated/α-hetero) is 1. The monoisotopic (exact) mass is 266 g/mol. The summed E-state index contributed by atoms with van der Waals surface area (Å²) in [5.74, 6) is 0.754. The zero-order chi connectivity index (χ0) is 14.2. The van der Waals surface area contributed by atoms with Gasteiger partial charge in [-0.2, -0.15) is 0 Å². The number of ketones is 1. The summed E-state index contributed by atoms with van der Waals surface area (Å²) in [6.45, 7) is 2.30. The van der Waals surface area contributed by atoms with Gasteiger partial charge in [-0.15, -0.1) is 0 Å². The van der Waals surface area contributed by atoms with Crippen molar-refractivity contribution < 1.29 is 9.53 Å². The van der Waals surface area contributed by atoms with Crippen molar-refractivity contribution >= 4 is 11.9 Å². The molecule has 0 fully saturated rings. The number of carbonyl (C=O) groups excluding carboxylic acids is 1. The average molecular weight is 266 g/mol. The van der Waals surface area contributed by atoms with Gasteiger partial charge in [0.2, 0.25) is 0 Å². The first kappa shape index (κ1) is 14.1. The van der Waals surface area contributed by atoms with Crippen LogP contribution in [-0.2, 0) is 0 Å². The fourth-order valence-electron chi connectivity index (χ4n) is 1.90. The van der Waals surface area contributed by atoms with Crippen molar-refractivity contribution in [3.63, 3.8) is 0 Å². The number of hydrogen-bond donors (Lipinski definition) is 0. The summed E-state index contributed by atoms with van der Waals surface area (Å²) in [6, 6.07) is 17.4. The van der Waals surface area contributed by atoms with Crippen LogP contribution in [0.1, 0.15) is 29.3 Å². The lowest BCUT2D eigenvalue weighted by Crippen LogP contribution is -2.02. The van der Waals surface area contributed by atoms with Crippen LogP contribution in [0.3, 0.4) is 0 Å². The molecule has 0 heterocycles. The van der Waals surface area contributed by atoms with Crippen LogP contribution in [0.25, 0.3) is 6.08 Å². The van der Waals surface area contributed by atoms with Crippen molar-refractivity contribution in [3.05, 3.63) is 71.8 Å². The number of rotatable bonds is 6. The fraction of sp³-hybridized carbons (Fsp3) is 0.167. The summed E-state index contributed by atoms with van der Waals surface area (Å²) >= 11 is 0. The van der Waals surface area contributed by atoms with Crippen molar-refractivity contribution in [2.45, 2.75) is 13.3 Å². The molecule has 0 saturated heterocycles. The highest BCUT2D eigenvalue weighted by atomic mass is 16.5. The molecule has 0 aliphatic rings. The van der Waals surface area contributed by atoms with Crippen LogP contribution in [0.15, 0.2) is 60.7 Å². The van der Waals surface area contributed by atoms with Gasteiger partial charge in [-0.1, -0.05) is 55.5 Å². The first-order valence-corrected chi connectivity index (χ1v) is 6.78. The molecule has 20 heavy (non-hydrogen) atoms. The molecule has 0 aliphatic heterocycles. The molecule has 0 amide bonds. The topological polar surface area (TPSA) is 26.3 Å². The molecule has 0 N–H and O–H groups in total. The van der Waals surface area contributed by atoms with E-state index >= 15 is 0 Å². The Morgan fingerprint density at radius 1 is 1.05 bits per heavy atom. The van der Waals surface area contributed by atoms with E-state index in [4.69, 9.17) is 4.74 Å². The Kier molecular flexibility index (Phi) is 5.13. The molecule has 2 heteroatoms. The second kappa shape index (κ2) is 7.29. The lowest BCUT2D eigenvalue weighted by atomic mass is 10.1. The van der Waals surface area contributed by atoms with Crippen molar-refractivity contribution in [2.24, 2.45) is 0 Å². The Bertz CT molecular complexity index is 585. The van der Waals surface area contributed by atoms with Crippen molar-refractivity contribution in [1.29, 1.82) is 0 Å². The van der Waals surface area contributed by atoms with E-state index in [0.29, 0.717) is 24.3 Å². The summed E-state index contributed by atoms with van der Waals surface area (Å²) in [4.78, 5) is 11.8. The van der Waals surface area contributed by atoms with E-state index in [9.17, 15) is 4.79 Å². The molecule has 0 bridgehead atoms. The van der Waals surface area contributed by atoms with Gasteiger partial charge in [0.1, 0.15) is 12.4 Å². The highest BCUT2D eigenvalue weighted by Crippen LogP contribution is 2.19.